The summed E-state index contributed by atoms with van der Waals surface area (Å²) in [6.45, 7) is 3.82. The third-order valence-corrected chi connectivity index (χ3v) is 5.63. The summed E-state index contributed by atoms with van der Waals surface area (Å²) in [4.78, 5) is 12.8. The number of sulfonamides is 1. The van der Waals surface area contributed by atoms with Crippen molar-refractivity contribution in [2.24, 2.45) is 0 Å². The second-order valence-electron chi connectivity index (χ2n) is 6.72. The van der Waals surface area contributed by atoms with Gasteiger partial charge in [-0.3, -0.25) is 9.10 Å². The fraction of sp³-hybridized carbons (Fsp3) is 0.381. The Kier molecular flexibility index (Phi) is 7.57. The molecule has 0 aliphatic carbocycles. The predicted octanol–water partition coefficient (Wildman–Crippen LogP) is 4.35. The van der Waals surface area contributed by atoms with Crippen LogP contribution in [-0.4, -0.2) is 26.6 Å². The lowest BCUT2D eigenvalue weighted by atomic mass is 10.1. The van der Waals surface area contributed by atoms with Gasteiger partial charge in [-0.05, 0) is 49.1 Å². The van der Waals surface area contributed by atoms with Crippen molar-refractivity contribution in [3.8, 4) is 0 Å². The van der Waals surface area contributed by atoms with Gasteiger partial charge in [0.15, 0.2) is 0 Å². The monoisotopic (exact) mass is 406 g/mol. The molecule has 0 aromatic heterocycles. The van der Waals surface area contributed by atoms with Gasteiger partial charge >= 0.3 is 0 Å². The van der Waals surface area contributed by atoms with Gasteiger partial charge in [-0.2, -0.15) is 0 Å². The zero-order valence-electron chi connectivity index (χ0n) is 16.5. The molecule has 2 aromatic rings. The SMILES string of the molecule is CCCCc1ccc(NC(=O)[C@H](CC)N(c2ccccc2F)S(C)(=O)=O)cc1. The van der Waals surface area contributed by atoms with E-state index in [0.717, 1.165) is 29.8 Å². The Morgan fingerprint density at radius 3 is 2.29 bits per heavy atom. The quantitative estimate of drug-likeness (QED) is 0.673. The number of unbranched alkanes of at least 4 members (excludes halogenated alkanes) is 1. The number of anilines is 2. The summed E-state index contributed by atoms with van der Waals surface area (Å²) in [6, 6.07) is 12.0. The molecule has 0 saturated carbocycles. The molecule has 2 rings (SSSR count). The Hall–Kier alpha value is -2.41. The van der Waals surface area contributed by atoms with Crippen LogP contribution in [-0.2, 0) is 21.2 Å². The summed E-state index contributed by atoms with van der Waals surface area (Å²) in [5.74, 6) is -1.20. The molecule has 0 spiro atoms. The lowest BCUT2D eigenvalue weighted by molar-refractivity contribution is -0.117. The second-order valence-corrected chi connectivity index (χ2v) is 8.58. The normalized spacial score (nSPS) is 12.4. The van der Waals surface area contributed by atoms with Crippen LogP contribution in [0, 0.1) is 5.82 Å². The topological polar surface area (TPSA) is 66.5 Å². The van der Waals surface area contributed by atoms with Crippen molar-refractivity contribution in [1.29, 1.82) is 0 Å². The van der Waals surface area contributed by atoms with Crippen LogP contribution in [0.5, 0.6) is 0 Å². The summed E-state index contributed by atoms with van der Waals surface area (Å²) in [6.07, 6.45) is 4.33. The predicted molar refractivity (Wildman–Crippen MR) is 111 cm³/mol. The number of hydrogen-bond donors (Lipinski definition) is 1. The van der Waals surface area contributed by atoms with Gasteiger partial charge in [0.1, 0.15) is 11.9 Å². The molecule has 0 saturated heterocycles. The summed E-state index contributed by atoms with van der Waals surface area (Å²) in [5.41, 5.74) is 1.61. The third kappa shape index (κ3) is 5.55. The number of nitrogens with one attached hydrogen (secondary N) is 1. The second kappa shape index (κ2) is 9.68. The molecule has 0 fully saturated rings. The molecule has 1 atom stereocenters. The van der Waals surface area contributed by atoms with E-state index in [1.165, 1.54) is 29.8 Å². The first-order valence-corrected chi connectivity index (χ1v) is 11.3. The number of carbonyl (C=O) groups is 1. The number of nitrogens with zero attached hydrogens (tertiary/aromatic N) is 1. The number of para-hydroxylation sites is 1. The Bertz CT molecular complexity index is 898. The highest BCUT2D eigenvalue weighted by atomic mass is 32.2. The molecule has 0 aliphatic heterocycles. The average Bonchev–Trinajstić information content (AvgIpc) is 2.65. The molecule has 7 heteroatoms. The Balaban J connectivity index is 2.26. The van der Waals surface area contributed by atoms with E-state index in [-0.39, 0.29) is 12.1 Å². The van der Waals surface area contributed by atoms with Crippen LogP contribution in [0.1, 0.15) is 38.7 Å². The minimum atomic E-state index is -3.87. The summed E-state index contributed by atoms with van der Waals surface area (Å²) >= 11 is 0. The molecule has 0 heterocycles. The highest BCUT2D eigenvalue weighted by Gasteiger charge is 2.33. The number of hydrogen-bond acceptors (Lipinski definition) is 3. The van der Waals surface area contributed by atoms with Gasteiger partial charge in [0.25, 0.3) is 0 Å². The van der Waals surface area contributed by atoms with Gasteiger partial charge in [-0.1, -0.05) is 44.5 Å². The smallest absolute Gasteiger partial charge is 0.248 e. The number of benzene rings is 2. The zero-order chi connectivity index (χ0) is 20.7. The molecule has 2 aromatic carbocycles. The molecule has 28 heavy (non-hydrogen) atoms. The van der Waals surface area contributed by atoms with Crippen LogP contribution in [0.3, 0.4) is 0 Å². The number of rotatable bonds is 9. The van der Waals surface area contributed by atoms with Crippen molar-refractivity contribution < 1.29 is 17.6 Å². The van der Waals surface area contributed by atoms with Crippen LogP contribution >= 0.6 is 0 Å². The van der Waals surface area contributed by atoms with Crippen molar-refractivity contribution in [1.82, 2.24) is 0 Å². The Morgan fingerprint density at radius 1 is 1.11 bits per heavy atom. The average molecular weight is 407 g/mol. The highest BCUT2D eigenvalue weighted by Crippen LogP contribution is 2.26. The molecular weight excluding hydrogens is 379 g/mol. The molecule has 1 amide bonds. The van der Waals surface area contributed by atoms with Crippen molar-refractivity contribution >= 4 is 27.3 Å². The van der Waals surface area contributed by atoms with Crippen LogP contribution in [0.2, 0.25) is 0 Å². The molecule has 0 aliphatic rings. The van der Waals surface area contributed by atoms with Crippen molar-refractivity contribution in [2.75, 3.05) is 15.9 Å². The van der Waals surface area contributed by atoms with Gasteiger partial charge < -0.3 is 5.32 Å². The number of aryl methyl sites for hydroxylation is 1. The van der Waals surface area contributed by atoms with E-state index in [9.17, 15) is 17.6 Å². The number of amides is 1. The van der Waals surface area contributed by atoms with Gasteiger partial charge in [0.2, 0.25) is 15.9 Å². The maximum Gasteiger partial charge on any atom is 0.248 e. The van der Waals surface area contributed by atoms with E-state index < -0.39 is 27.8 Å². The van der Waals surface area contributed by atoms with E-state index in [2.05, 4.69) is 12.2 Å². The van der Waals surface area contributed by atoms with E-state index >= 15 is 0 Å². The first-order valence-electron chi connectivity index (χ1n) is 9.41. The molecule has 1 N–H and O–H groups in total. The van der Waals surface area contributed by atoms with Crippen molar-refractivity contribution in [3.05, 3.63) is 59.9 Å². The molecular formula is C21H27FN2O3S. The molecule has 0 unspecified atom stereocenters. The number of halogens is 1. The fourth-order valence-electron chi connectivity index (χ4n) is 3.03. The lowest BCUT2D eigenvalue weighted by Gasteiger charge is -2.30. The molecule has 5 nitrogen and oxygen atoms in total. The first-order chi connectivity index (χ1) is 13.3. The molecule has 152 valence electrons. The highest BCUT2D eigenvalue weighted by molar-refractivity contribution is 7.92. The maximum atomic E-state index is 14.3. The van der Waals surface area contributed by atoms with E-state index in [1.54, 1.807) is 19.1 Å². The van der Waals surface area contributed by atoms with E-state index in [1.807, 2.05) is 12.1 Å². The minimum absolute atomic E-state index is 0.137. The van der Waals surface area contributed by atoms with Crippen molar-refractivity contribution in [3.63, 3.8) is 0 Å². The van der Waals surface area contributed by atoms with E-state index in [4.69, 9.17) is 0 Å². The molecule has 0 bridgehead atoms. The Labute approximate surface area is 166 Å². The Morgan fingerprint density at radius 2 is 1.75 bits per heavy atom. The lowest BCUT2D eigenvalue weighted by Crippen LogP contribution is -2.47. The van der Waals surface area contributed by atoms with Gasteiger partial charge in [-0.15, -0.1) is 0 Å². The largest absolute Gasteiger partial charge is 0.324 e. The van der Waals surface area contributed by atoms with Crippen LogP contribution < -0.4 is 9.62 Å². The summed E-state index contributed by atoms with van der Waals surface area (Å²) < 4.78 is 39.9. The summed E-state index contributed by atoms with van der Waals surface area (Å²) in [7, 11) is -3.87. The number of carbonyl (C=O) groups excluding carboxylic acids is 1. The zero-order valence-corrected chi connectivity index (χ0v) is 17.3. The van der Waals surface area contributed by atoms with Crippen LogP contribution in [0.25, 0.3) is 0 Å². The van der Waals surface area contributed by atoms with Crippen molar-refractivity contribution in [2.45, 2.75) is 45.6 Å². The maximum absolute atomic E-state index is 14.3. The fourth-order valence-corrected chi connectivity index (χ4v) is 4.24. The van der Waals surface area contributed by atoms with Gasteiger partial charge in [-0.25, -0.2) is 12.8 Å². The third-order valence-electron chi connectivity index (χ3n) is 4.46. The van der Waals surface area contributed by atoms with Crippen LogP contribution in [0.15, 0.2) is 48.5 Å². The van der Waals surface area contributed by atoms with E-state index in [0.29, 0.717) is 5.69 Å². The molecule has 0 radical (unpaired) electrons. The minimum Gasteiger partial charge on any atom is -0.324 e. The van der Waals surface area contributed by atoms with Crippen LogP contribution in [0.4, 0.5) is 15.8 Å². The first kappa shape index (κ1) is 21.9. The van der Waals surface area contributed by atoms with Gasteiger partial charge in [0.05, 0.1) is 11.9 Å². The van der Waals surface area contributed by atoms with Gasteiger partial charge in [0, 0.05) is 5.69 Å². The summed E-state index contributed by atoms with van der Waals surface area (Å²) in [5, 5.41) is 2.75. The standard InChI is InChI=1S/C21H27FN2O3S/c1-4-6-9-16-12-14-17(15-13-16)23-21(25)19(5-2)24(28(3,26)27)20-11-8-7-10-18(20)22/h7-8,10-15,19H,4-6,9H2,1-3H3,(H,23,25)/t19-/m0/s1.